The van der Waals surface area contributed by atoms with Gasteiger partial charge in [-0.2, -0.15) is 5.10 Å². The molecule has 0 saturated carbocycles. The van der Waals surface area contributed by atoms with E-state index in [0.29, 0.717) is 44.1 Å². The van der Waals surface area contributed by atoms with Crippen molar-refractivity contribution in [3.63, 3.8) is 0 Å². The van der Waals surface area contributed by atoms with Gasteiger partial charge >= 0.3 is 0 Å². The molecule has 3 rings (SSSR count). The summed E-state index contributed by atoms with van der Waals surface area (Å²) in [5, 5.41) is 6.98. The lowest BCUT2D eigenvalue weighted by molar-refractivity contribution is 0.0742. The first-order chi connectivity index (χ1) is 11.6. The molecule has 2 aromatic heterocycles. The van der Waals surface area contributed by atoms with Gasteiger partial charge in [-0.1, -0.05) is 0 Å². The Morgan fingerprint density at radius 3 is 3.08 bits per heavy atom. The van der Waals surface area contributed by atoms with Crippen LogP contribution in [0.5, 0.6) is 5.75 Å². The summed E-state index contributed by atoms with van der Waals surface area (Å²) in [5.74, 6) is 0.305. The third-order valence-electron chi connectivity index (χ3n) is 3.74. The minimum atomic E-state index is -0.284. The first kappa shape index (κ1) is 16.0. The van der Waals surface area contributed by atoms with E-state index in [-0.39, 0.29) is 17.5 Å². The molecule has 1 aliphatic heterocycles. The van der Waals surface area contributed by atoms with Gasteiger partial charge in [-0.25, -0.2) is 0 Å². The van der Waals surface area contributed by atoms with Crippen molar-refractivity contribution >= 4 is 11.8 Å². The number of aromatic nitrogens is 3. The molecular formula is C16H19N5O3. The fourth-order valence-electron chi connectivity index (χ4n) is 2.40. The van der Waals surface area contributed by atoms with Crippen LogP contribution in [-0.4, -0.2) is 58.2 Å². The monoisotopic (exact) mass is 329 g/mol. The smallest absolute Gasteiger partial charge is 0.271 e. The number of fused-ring (bicyclic) bond motifs is 1. The highest BCUT2D eigenvalue weighted by molar-refractivity contribution is 5.98. The van der Waals surface area contributed by atoms with Crippen LogP contribution >= 0.6 is 0 Å². The summed E-state index contributed by atoms with van der Waals surface area (Å²) >= 11 is 0. The predicted molar refractivity (Wildman–Crippen MR) is 85.9 cm³/mol. The van der Waals surface area contributed by atoms with Crippen molar-refractivity contribution in [2.75, 3.05) is 26.7 Å². The molecule has 0 unspecified atom stereocenters. The maximum atomic E-state index is 12.1. The van der Waals surface area contributed by atoms with Crippen LogP contribution in [0.1, 0.15) is 27.4 Å². The molecule has 0 fully saturated rings. The number of amides is 2. The zero-order valence-corrected chi connectivity index (χ0v) is 13.4. The van der Waals surface area contributed by atoms with Gasteiger partial charge in [-0.05, 0) is 18.6 Å². The summed E-state index contributed by atoms with van der Waals surface area (Å²) in [6.45, 7) is 2.15. The van der Waals surface area contributed by atoms with E-state index in [2.05, 4.69) is 15.4 Å². The van der Waals surface area contributed by atoms with Gasteiger partial charge in [0.1, 0.15) is 11.4 Å². The van der Waals surface area contributed by atoms with E-state index >= 15 is 0 Å². The maximum Gasteiger partial charge on any atom is 0.271 e. The number of pyridine rings is 1. The number of ether oxygens (including phenoxy) is 1. The van der Waals surface area contributed by atoms with Crippen molar-refractivity contribution < 1.29 is 14.3 Å². The van der Waals surface area contributed by atoms with E-state index in [1.165, 1.54) is 0 Å². The van der Waals surface area contributed by atoms with Crippen molar-refractivity contribution in [3.05, 3.63) is 42.0 Å². The molecule has 2 amide bonds. The normalized spacial score (nSPS) is 13.5. The van der Waals surface area contributed by atoms with E-state index in [0.717, 1.165) is 0 Å². The highest BCUT2D eigenvalue weighted by Crippen LogP contribution is 2.12. The number of likely N-dealkylation sites (N-methyl/N-ethyl adjacent to an activating group) is 1. The molecule has 0 saturated heterocycles. The lowest BCUT2D eigenvalue weighted by Crippen LogP contribution is -2.37. The highest BCUT2D eigenvalue weighted by atomic mass is 16.5. The first-order valence-corrected chi connectivity index (χ1v) is 7.79. The van der Waals surface area contributed by atoms with Crippen molar-refractivity contribution in [1.82, 2.24) is 25.0 Å². The lowest BCUT2D eigenvalue weighted by atomic mass is 10.2. The standard InChI is InChI=1S/C16H19N5O3/c1-20-7-8-21-14(16(20)23)10-13(19-21)15(22)18-6-3-9-24-12-4-2-5-17-11-12/h2,4-5,10-11H,3,6-9H2,1H3,(H,18,22). The number of nitrogens with zero attached hydrogens (tertiary/aromatic N) is 4. The molecule has 0 bridgehead atoms. The zero-order valence-electron chi connectivity index (χ0n) is 13.4. The van der Waals surface area contributed by atoms with Gasteiger partial charge in [0.2, 0.25) is 0 Å². The van der Waals surface area contributed by atoms with Crippen LogP contribution < -0.4 is 10.1 Å². The fraction of sp³-hybridized carbons (Fsp3) is 0.375. The lowest BCUT2D eigenvalue weighted by Gasteiger charge is -2.22. The second-order valence-corrected chi connectivity index (χ2v) is 5.51. The van der Waals surface area contributed by atoms with Crippen LogP contribution in [0.4, 0.5) is 0 Å². The van der Waals surface area contributed by atoms with E-state index in [9.17, 15) is 9.59 Å². The van der Waals surface area contributed by atoms with E-state index < -0.39 is 0 Å². The third-order valence-corrected chi connectivity index (χ3v) is 3.74. The van der Waals surface area contributed by atoms with Crippen LogP contribution in [0, 0.1) is 0 Å². The van der Waals surface area contributed by atoms with Gasteiger partial charge < -0.3 is 15.0 Å². The summed E-state index contributed by atoms with van der Waals surface area (Å²) in [6, 6.07) is 5.17. The fourth-order valence-corrected chi connectivity index (χ4v) is 2.40. The Kier molecular flexibility index (Phi) is 4.74. The Balaban J connectivity index is 1.46. The van der Waals surface area contributed by atoms with E-state index in [4.69, 9.17) is 4.74 Å². The quantitative estimate of drug-likeness (QED) is 0.782. The molecular weight excluding hydrogens is 310 g/mol. The van der Waals surface area contributed by atoms with Gasteiger partial charge in [0.15, 0.2) is 5.69 Å². The number of carbonyl (C=O) groups is 2. The number of nitrogens with one attached hydrogen (secondary N) is 1. The SMILES string of the molecule is CN1CCn2nc(C(=O)NCCCOc3cccnc3)cc2C1=O. The Hall–Kier alpha value is -2.90. The molecule has 24 heavy (non-hydrogen) atoms. The molecule has 3 heterocycles. The van der Waals surface area contributed by atoms with E-state index in [1.807, 2.05) is 6.07 Å². The first-order valence-electron chi connectivity index (χ1n) is 7.79. The van der Waals surface area contributed by atoms with Crippen molar-refractivity contribution in [3.8, 4) is 5.75 Å². The average molecular weight is 329 g/mol. The average Bonchev–Trinajstić information content (AvgIpc) is 3.04. The molecule has 8 nitrogen and oxygen atoms in total. The summed E-state index contributed by atoms with van der Waals surface area (Å²) in [5.41, 5.74) is 0.718. The molecule has 1 aliphatic rings. The Morgan fingerprint density at radius 1 is 1.42 bits per heavy atom. The Morgan fingerprint density at radius 2 is 2.29 bits per heavy atom. The second-order valence-electron chi connectivity index (χ2n) is 5.51. The van der Waals surface area contributed by atoms with Crippen LogP contribution in [0.2, 0.25) is 0 Å². The minimum absolute atomic E-state index is 0.113. The molecule has 0 aromatic carbocycles. The largest absolute Gasteiger partial charge is 0.492 e. The molecule has 0 spiro atoms. The number of hydrogen-bond acceptors (Lipinski definition) is 5. The summed E-state index contributed by atoms with van der Waals surface area (Å²) in [4.78, 5) is 29.7. The summed E-state index contributed by atoms with van der Waals surface area (Å²) in [7, 11) is 1.74. The van der Waals surface area contributed by atoms with Crippen LogP contribution in [0.15, 0.2) is 30.6 Å². The van der Waals surface area contributed by atoms with Crippen LogP contribution in [-0.2, 0) is 6.54 Å². The summed E-state index contributed by atoms with van der Waals surface area (Å²) in [6.07, 6.45) is 3.98. The topological polar surface area (TPSA) is 89.3 Å². The van der Waals surface area contributed by atoms with Crippen LogP contribution in [0.3, 0.4) is 0 Å². The van der Waals surface area contributed by atoms with Gasteiger partial charge in [-0.15, -0.1) is 0 Å². The number of carbonyl (C=O) groups excluding carboxylic acids is 2. The molecule has 0 radical (unpaired) electrons. The van der Waals surface area contributed by atoms with Gasteiger partial charge in [-0.3, -0.25) is 19.3 Å². The highest BCUT2D eigenvalue weighted by Gasteiger charge is 2.25. The van der Waals surface area contributed by atoms with Crippen molar-refractivity contribution in [2.24, 2.45) is 0 Å². The maximum absolute atomic E-state index is 12.1. The zero-order chi connectivity index (χ0) is 16.9. The van der Waals surface area contributed by atoms with Crippen molar-refractivity contribution in [1.29, 1.82) is 0 Å². The number of hydrogen-bond donors (Lipinski definition) is 1. The van der Waals surface area contributed by atoms with E-state index in [1.54, 1.807) is 41.2 Å². The minimum Gasteiger partial charge on any atom is -0.492 e. The molecule has 0 atom stereocenters. The number of rotatable bonds is 6. The predicted octanol–water partition coefficient (Wildman–Crippen LogP) is 0.563. The third kappa shape index (κ3) is 3.53. The molecule has 2 aromatic rings. The van der Waals surface area contributed by atoms with Gasteiger partial charge in [0.05, 0.1) is 19.3 Å². The molecule has 0 aliphatic carbocycles. The van der Waals surface area contributed by atoms with Crippen molar-refractivity contribution in [2.45, 2.75) is 13.0 Å². The Bertz CT molecular complexity index is 729. The molecule has 126 valence electrons. The van der Waals surface area contributed by atoms with Gasteiger partial charge in [0, 0.05) is 32.4 Å². The molecule has 1 N–H and O–H groups in total. The van der Waals surface area contributed by atoms with Gasteiger partial charge in [0.25, 0.3) is 11.8 Å². The summed E-state index contributed by atoms with van der Waals surface area (Å²) < 4.78 is 7.09. The second kappa shape index (κ2) is 7.12. The Labute approximate surface area is 139 Å². The molecule has 8 heteroatoms. The van der Waals surface area contributed by atoms with Crippen LogP contribution in [0.25, 0.3) is 0 Å².